The monoisotopic (exact) mass is 572 g/mol. The zero-order chi connectivity index (χ0) is 29.6. The summed E-state index contributed by atoms with van der Waals surface area (Å²) in [6.07, 6.45) is 0.587. The maximum atomic E-state index is 13.3. The van der Waals surface area contributed by atoms with E-state index in [0.717, 1.165) is 5.56 Å². The number of benzene rings is 3. The quantitative estimate of drug-likeness (QED) is 0.240. The highest BCUT2D eigenvalue weighted by molar-refractivity contribution is 5.97. The van der Waals surface area contributed by atoms with Crippen molar-refractivity contribution in [3.05, 3.63) is 81.9 Å². The van der Waals surface area contributed by atoms with E-state index >= 15 is 0 Å². The Hall–Kier alpha value is -5.19. The van der Waals surface area contributed by atoms with Crippen LogP contribution in [-0.4, -0.2) is 36.6 Å². The lowest BCUT2D eigenvalue weighted by Crippen LogP contribution is -2.34. The lowest BCUT2D eigenvalue weighted by molar-refractivity contribution is -0.165. The lowest BCUT2D eigenvalue weighted by atomic mass is 9.76. The molecule has 11 nitrogen and oxygen atoms in total. The van der Waals surface area contributed by atoms with Gasteiger partial charge >= 0.3 is 29.8 Å². The SMILES string of the molecule is CC(=O)OCOC(=O)CCc1cc2c(cc1OC(C)=O)Oc1cc3c(cc1C21OC(=O)c2ccccc21)CCC(=O)O3. The molecule has 6 rings (SSSR count). The Morgan fingerprint density at radius 2 is 1.60 bits per heavy atom. The van der Waals surface area contributed by atoms with E-state index in [2.05, 4.69) is 4.74 Å². The van der Waals surface area contributed by atoms with Gasteiger partial charge in [0.25, 0.3) is 0 Å². The summed E-state index contributed by atoms with van der Waals surface area (Å²) in [4.78, 5) is 60.6. The molecule has 3 aliphatic heterocycles. The molecule has 0 fully saturated rings. The first-order valence-corrected chi connectivity index (χ1v) is 13.2. The first kappa shape index (κ1) is 27.0. The number of rotatable bonds is 6. The van der Waals surface area contributed by atoms with E-state index in [0.29, 0.717) is 45.7 Å². The van der Waals surface area contributed by atoms with Crippen LogP contribution >= 0.6 is 0 Å². The predicted octanol–water partition coefficient (Wildman–Crippen LogP) is 4.03. The molecule has 1 spiro atoms. The molecule has 3 heterocycles. The number of hydrogen-bond acceptors (Lipinski definition) is 11. The average Bonchev–Trinajstić information content (AvgIpc) is 3.23. The maximum Gasteiger partial charge on any atom is 0.340 e. The standard InChI is InChI=1S/C31H24O11/c1-16(32)37-15-38-28(34)9-7-18-11-22-26(13-24(18)39-17(2)33)40-27-14-25-19(8-10-29(35)41-25)12-23(27)31(22)21-6-4-3-5-20(21)30(36)42-31/h3-6,11-14H,7-10,15H2,1-2H3. The molecule has 1 unspecified atom stereocenters. The average molecular weight is 573 g/mol. The van der Waals surface area contributed by atoms with Gasteiger partial charge in [0.2, 0.25) is 6.79 Å². The molecule has 0 saturated heterocycles. The lowest BCUT2D eigenvalue weighted by Gasteiger charge is -2.38. The summed E-state index contributed by atoms with van der Waals surface area (Å²) in [5.41, 5.74) is 1.73. The minimum Gasteiger partial charge on any atom is -0.456 e. The van der Waals surface area contributed by atoms with Crippen LogP contribution in [0.4, 0.5) is 0 Å². The van der Waals surface area contributed by atoms with Gasteiger partial charge in [0.05, 0.1) is 12.0 Å². The van der Waals surface area contributed by atoms with Gasteiger partial charge in [-0.15, -0.1) is 0 Å². The molecule has 0 aromatic heterocycles. The second-order valence-electron chi connectivity index (χ2n) is 9.97. The predicted molar refractivity (Wildman–Crippen MR) is 141 cm³/mol. The zero-order valence-corrected chi connectivity index (χ0v) is 22.6. The van der Waals surface area contributed by atoms with Crippen LogP contribution < -0.4 is 14.2 Å². The fourth-order valence-electron chi connectivity index (χ4n) is 5.45. The van der Waals surface area contributed by atoms with Gasteiger partial charge in [-0.3, -0.25) is 19.2 Å². The first-order valence-electron chi connectivity index (χ1n) is 13.2. The third-order valence-corrected chi connectivity index (χ3v) is 7.23. The van der Waals surface area contributed by atoms with Crippen molar-refractivity contribution in [3.8, 4) is 23.0 Å². The maximum absolute atomic E-state index is 13.3. The molecule has 1 atom stereocenters. The van der Waals surface area contributed by atoms with E-state index in [-0.39, 0.29) is 36.7 Å². The van der Waals surface area contributed by atoms with Crippen LogP contribution in [0.1, 0.15) is 64.9 Å². The largest absolute Gasteiger partial charge is 0.456 e. The Kier molecular flexibility index (Phi) is 6.64. The Morgan fingerprint density at radius 1 is 0.833 bits per heavy atom. The Morgan fingerprint density at radius 3 is 2.38 bits per heavy atom. The summed E-state index contributed by atoms with van der Waals surface area (Å²) in [5.74, 6) is -1.70. The first-order chi connectivity index (χ1) is 20.2. The van der Waals surface area contributed by atoms with Crippen molar-refractivity contribution in [3.63, 3.8) is 0 Å². The summed E-state index contributed by atoms with van der Waals surface area (Å²) in [6.45, 7) is 1.91. The highest BCUT2D eigenvalue weighted by Crippen LogP contribution is 2.58. The smallest absolute Gasteiger partial charge is 0.340 e. The van der Waals surface area contributed by atoms with Crippen LogP contribution in [0.15, 0.2) is 48.5 Å². The number of ether oxygens (including phenoxy) is 6. The molecule has 214 valence electrons. The molecule has 0 N–H and O–H groups in total. The number of aryl methyl sites for hydroxylation is 2. The third-order valence-electron chi connectivity index (χ3n) is 7.23. The van der Waals surface area contributed by atoms with Gasteiger partial charge in [0, 0.05) is 49.1 Å². The van der Waals surface area contributed by atoms with Crippen molar-refractivity contribution in [2.24, 2.45) is 0 Å². The highest BCUT2D eigenvalue weighted by atomic mass is 16.7. The van der Waals surface area contributed by atoms with Gasteiger partial charge in [-0.25, -0.2) is 4.79 Å². The normalized spacial score (nSPS) is 17.5. The van der Waals surface area contributed by atoms with Crippen molar-refractivity contribution in [2.45, 2.75) is 45.1 Å². The van der Waals surface area contributed by atoms with Crippen molar-refractivity contribution in [2.75, 3.05) is 6.79 Å². The van der Waals surface area contributed by atoms with Gasteiger partial charge in [0.15, 0.2) is 5.60 Å². The third kappa shape index (κ3) is 4.62. The molecular weight excluding hydrogens is 548 g/mol. The van der Waals surface area contributed by atoms with E-state index in [9.17, 15) is 24.0 Å². The molecule has 3 aromatic carbocycles. The topological polar surface area (TPSA) is 141 Å². The van der Waals surface area contributed by atoms with Crippen LogP contribution in [0.3, 0.4) is 0 Å². The van der Waals surface area contributed by atoms with Gasteiger partial charge in [0.1, 0.15) is 23.0 Å². The fourth-order valence-corrected chi connectivity index (χ4v) is 5.45. The molecular formula is C31H24O11. The summed E-state index contributed by atoms with van der Waals surface area (Å²) in [6, 6.07) is 13.6. The molecule has 0 aliphatic carbocycles. The van der Waals surface area contributed by atoms with Crippen molar-refractivity contribution in [1.29, 1.82) is 0 Å². The number of hydrogen-bond donors (Lipinski definition) is 0. The zero-order valence-electron chi connectivity index (χ0n) is 22.6. The number of esters is 5. The Bertz CT molecular complexity index is 1690. The number of carbonyl (C=O) groups is 5. The van der Waals surface area contributed by atoms with E-state index in [4.69, 9.17) is 23.7 Å². The molecule has 0 radical (unpaired) electrons. The summed E-state index contributed by atoms with van der Waals surface area (Å²) < 4.78 is 33.0. The Balaban J connectivity index is 1.48. The van der Waals surface area contributed by atoms with Crippen molar-refractivity contribution >= 4 is 29.8 Å². The van der Waals surface area contributed by atoms with Gasteiger partial charge in [-0.2, -0.15) is 0 Å². The minimum atomic E-state index is -1.44. The van der Waals surface area contributed by atoms with Crippen LogP contribution in [0.5, 0.6) is 23.0 Å². The van der Waals surface area contributed by atoms with E-state index in [1.165, 1.54) is 19.9 Å². The molecule has 3 aromatic rings. The summed E-state index contributed by atoms with van der Waals surface area (Å²) in [7, 11) is 0. The van der Waals surface area contributed by atoms with Gasteiger partial charge in [-0.05, 0) is 42.2 Å². The fraction of sp³-hybridized carbons (Fsp3) is 0.258. The molecule has 0 amide bonds. The second-order valence-corrected chi connectivity index (χ2v) is 9.97. The van der Waals surface area contributed by atoms with E-state index in [1.54, 1.807) is 36.4 Å². The van der Waals surface area contributed by atoms with Crippen LogP contribution in [-0.2, 0) is 51.8 Å². The van der Waals surface area contributed by atoms with Crippen molar-refractivity contribution in [1.82, 2.24) is 0 Å². The van der Waals surface area contributed by atoms with E-state index < -0.39 is 36.3 Å². The van der Waals surface area contributed by atoms with Crippen LogP contribution in [0.25, 0.3) is 0 Å². The highest BCUT2D eigenvalue weighted by Gasteiger charge is 2.54. The molecule has 0 bridgehead atoms. The second kappa shape index (κ2) is 10.3. The van der Waals surface area contributed by atoms with E-state index in [1.807, 2.05) is 6.07 Å². The summed E-state index contributed by atoms with van der Waals surface area (Å²) in [5, 5.41) is 0. The molecule has 11 heteroatoms. The number of carbonyl (C=O) groups excluding carboxylic acids is 5. The molecule has 3 aliphatic rings. The Labute approximate surface area is 239 Å². The van der Waals surface area contributed by atoms with Crippen LogP contribution in [0.2, 0.25) is 0 Å². The molecule has 42 heavy (non-hydrogen) atoms. The minimum absolute atomic E-state index is 0.0769. The summed E-state index contributed by atoms with van der Waals surface area (Å²) >= 11 is 0. The number of fused-ring (bicyclic) bond motifs is 7. The van der Waals surface area contributed by atoms with Crippen LogP contribution in [0, 0.1) is 0 Å². The van der Waals surface area contributed by atoms with Gasteiger partial charge in [-0.1, -0.05) is 18.2 Å². The van der Waals surface area contributed by atoms with Gasteiger partial charge < -0.3 is 28.4 Å². The molecule has 0 saturated carbocycles. The van der Waals surface area contributed by atoms with Crippen molar-refractivity contribution < 1.29 is 52.4 Å².